The average Bonchev–Trinajstić information content (AvgIpc) is 2.18. The summed E-state index contributed by atoms with van der Waals surface area (Å²) in [6.45, 7) is 11.6. The molecule has 0 aromatic carbocycles. The van der Waals surface area contributed by atoms with Crippen LogP contribution in [0.25, 0.3) is 0 Å². The van der Waals surface area contributed by atoms with Gasteiger partial charge in [0.1, 0.15) is 0 Å². The molecule has 0 saturated carbocycles. The summed E-state index contributed by atoms with van der Waals surface area (Å²) in [6.07, 6.45) is 6.09. The molecule has 3 unspecified atom stereocenters. The van der Waals surface area contributed by atoms with E-state index >= 15 is 0 Å². The van der Waals surface area contributed by atoms with Crippen molar-refractivity contribution in [3.05, 3.63) is 0 Å². The van der Waals surface area contributed by atoms with Crippen LogP contribution in [-0.4, -0.2) is 13.3 Å². The molecule has 0 N–H and O–H groups in total. The van der Waals surface area contributed by atoms with E-state index in [4.69, 9.17) is 0 Å². The van der Waals surface area contributed by atoms with Gasteiger partial charge in [-0.3, -0.25) is 0 Å². The molecule has 0 heterocycles. The zero-order chi connectivity index (χ0) is 11.8. The minimum Gasteiger partial charge on any atom is -0.301 e. The predicted molar refractivity (Wildman–Crippen MR) is 70.6 cm³/mol. The van der Waals surface area contributed by atoms with E-state index in [0.29, 0.717) is 11.8 Å². The van der Waals surface area contributed by atoms with Crippen LogP contribution in [0.2, 0.25) is 0 Å². The maximum atomic E-state index is 4.24. The van der Waals surface area contributed by atoms with Crippen molar-refractivity contribution in [2.24, 2.45) is 28.7 Å². The highest BCUT2D eigenvalue weighted by Gasteiger charge is 2.25. The van der Waals surface area contributed by atoms with Gasteiger partial charge in [-0.15, -0.1) is 0 Å². The molecule has 0 rings (SSSR count). The molecule has 0 bridgehead atoms. The SMILES string of the molecule is CCCC(C)C(CC)C(/C=N\C)C(C)C. The average molecular weight is 211 g/mol. The van der Waals surface area contributed by atoms with Crippen molar-refractivity contribution in [1.29, 1.82) is 0 Å². The third-order valence-electron chi connectivity index (χ3n) is 3.53. The highest BCUT2D eigenvalue weighted by Crippen LogP contribution is 2.31. The number of hydrogen-bond acceptors (Lipinski definition) is 1. The summed E-state index contributed by atoms with van der Waals surface area (Å²) in [5, 5.41) is 0. The Hall–Kier alpha value is -0.330. The van der Waals surface area contributed by atoms with E-state index in [1.165, 1.54) is 19.3 Å². The lowest BCUT2D eigenvalue weighted by Gasteiger charge is -2.31. The van der Waals surface area contributed by atoms with Crippen molar-refractivity contribution in [2.75, 3.05) is 7.05 Å². The van der Waals surface area contributed by atoms with Crippen LogP contribution in [0.1, 0.15) is 53.9 Å². The second-order valence-corrected chi connectivity index (χ2v) is 5.07. The Morgan fingerprint density at radius 3 is 2.07 bits per heavy atom. The molecule has 0 amide bonds. The highest BCUT2D eigenvalue weighted by atomic mass is 14.6. The molecular formula is C14H29N. The Bertz CT molecular complexity index is 172. The molecule has 0 radical (unpaired) electrons. The van der Waals surface area contributed by atoms with E-state index in [1.807, 2.05) is 7.05 Å². The van der Waals surface area contributed by atoms with Crippen molar-refractivity contribution in [3.8, 4) is 0 Å². The Balaban J connectivity index is 4.57. The Morgan fingerprint density at radius 1 is 1.13 bits per heavy atom. The number of nitrogens with zero attached hydrogens (tertiary/aromatic N) is 1. The molecule has 1 nitrogen and oxygen atoms in total. The van der Waals surface area contributed by atoms with Gasteiger partial charge >= 0.3 is 0 Å². The van der Waals surface area contributed by atoms with E-state index in [1.54, 1.807) is 0 Å². The Labute approximate surface area is 96.4 Å². The maximum absolute atomic E-state index is 4.24. The van der Waals surface area contributed by atoms with E-state index in [0.717, 1.165) is 11.8 Å². The van der Waals surface area contributed by atoms with Gasteiger partial charge in [0.15, 0.2) is 0 Å². The molecule has 1 heteroatoms. The van der Waals surface area contributed by atoms with Crippen LogP contribution in [0.5, 0.6) is 0 Å². The summed E-state index contributed by atoms with van der Waals surface area (Å²) in [6, 6.07) is 0. The fourth-order valence-electron chi connectivity index (χ4n) is 2.67. The molecule has 0 fully saturated rings. The van der Waals surface area contributed by atoms with Gasteiger partial charge in [-0.05, 0) is 23.7 Å². The minimum atomic E-state index is 0.654. The highest BCUT2D eigenvalue weighted by molar-refractivity contribution is 5.61. The first-order valence-corrected chi connectivity index (χ1v) is 6.50. The lowest BCUT2D eigenvalue weighted by Crippen LogP contribution is -2.26. The molecule has 90 valence electrons. The monoisotopic (exact) mass is 211 g/mol. The molecule has 0 aliphatic rings. The predicted octanol–water partition coefficient (Wildman–Crippen LogP) is 4.42. The second-order valence-electron chi connectivity index (χ2n) is 5.07. The molecule has 15 heavy (non-hydrogen) atoms. The van der Waals surface area contributed by atoms with E-state index in [-0.39, 0.29) is 0 Å². The summed E-state index contributed by atoms with van der Waals surface area (Å²) in [5.74, 6) is 2.98. The first-order valence-electron chi connectivity index (χ1n) is 6.50. The van der Waals surface area contributed by atoms with Crippen molar-refractivity contribution >= 4 is 6.21 Å². The van der Waals surface area contributed by atoms with Gasteiger partial charge in [-0.1, -0.05) is 53.9 Å². The lowest BCUT2D eigenvalue weighted by molar-refractivity contribution is 0.230. The van der Waals surface area contributed by atoms with Crippen molar-refractivity contribution in [2.45, 2.75) is 53.9 Å². The molecular weight excluding hydrogens is 182 g/mol. The van der Waals surface area contributed by atoms with E-state index < -0.39 is 0 Å². The van der Waals surface area contributed by atoms with Crippen molar-refractivity contribution in [1.82, 2.24) is 0 Å². The normalized spacial score (nSPS) is 18.3. The molecule has 0 saturated heterocycles. The smallest absolute Gasteiger partial charge is 0.0273 e. The fourth-order valence-corrected chi connectivity index (χ4v) is 2.67. The zero-order valence-corrected chi connectivity index (χ0v) is 11.5. The van der Waals surface area contributed by atoms with Gasteiger partial charge < -0.3 is 4.99 Å². The van der Waals surface area contributed by atoms with Crippen LogP contribution < -0.4 is 0 Å². The van der Waals surface area contributed by atoms with Crippen molar-refractivity contribution < 1.29 is 0 Å². The molecule has 0 aromatic heterocycles. The van der Waals surface area contributed by atoms with Gasteiger partial charge in [0.2, 0.25) is 0 Å². The first-order chi connectivity index (χ1) is 7.08. The molecule has 0 aliphatic carbocycles. The van der Waals surface area contributed by atoms with Crippen LogP contribution in [0.4, 0.5) is 0 Å². The van der Waals surface area contributed by atoms with Crippen LogP contribution in [0, 0.1) is 23.7 Å². The Kier molecular flexibility index (Phi) is 7.72. The van der Waals surface area contributed by atoms with Gasteiger partial charge in [0.05, 0.1) is 0 Å². The number of rotatable bonds is 7. The van der Waals surface area contributed by atoms with Gasteiger partial charge in [0.25, 0.3) is 0 Å². The third kappa shape index (κ3) is 4.81. The summed E-state index contributed by atoms with van der Waals surface area (Å²) in [5.41, 5.74) is 0. The topological polar surface area (TPSA) is 12.4 Å². The lowest BCUT2D eigenvalue weighted by atomic mass is 9.74. The fraction of sp³-hybridized carbons (Fsp3) is 0.929. The standard InChI is InChI=1S/C14H29N/c1-7-9-12(5)13(8-2)14(10-15-6)11(3)4/h10-14H,7-9H2,1-6H3/b15-10-. The molecule has 0 aromatic rings. The quantitative estimate of drug-likeness (QED) is 0.553. The zero-order valence-electron chi connectivity index (χ0n) is 11.5. The summed E-state index contributed by atoms with van der Waals surface area (Å²) in [7, 11) is 1.90. The maximum Gasteiger partial charge on any atom is 0.0273 e. The summed E-state index contributed by atoms with van der Waals surface area (Å²) in [4.78, 5) is 4.24. The molecule has 3 atom stereocenters. The Morgan fingerprint density at radius 2 is 1.73 bits per heavy atom. The second kappa shape index (κ2) is 7.90. The van der Waals surface area contributed by atoms with E-state index in [2.05, 4.69) is 45.8 Å². The van der Waals surface area contributed by atoms with Crippen molar-refractivity contribution in [3.63, 3.8) is 0 Å². The summed E-state index contributed by atoms with van der Waals surface area (Å²) >= 11 is 0. The largest absolute Gasteiger partial charge is 0.301 e. The van der Waals surface area contributed by atoms with Gasteiger partial charge in [-0.25, -0.2) is 0 Å². The summed E-state index contributed by atoms with van der Waals surface area (Å²) < 4.78 is 0. The van der Waals surface area contributed by atoms with Gasteiger partial charge in [-0.2, -0.15) is 0 Å². The number of aliphatic imine (C=N–C) groups is 1. The van der Waals surface area contributed by atoms with E-state index in [9.17, 15) is 0 Å². The van der Waals surface area contributed by atoms with Gasteiger partial charge in [0, 0.05) is 13.3 Å². The molecule has 0 aliphatic heterocycles. The first kappa shape index (κ1) is 14.7. The molecule has 0 spiro atoms. The minimum absolute atomic E-state index is 0.654. The van der Waals surface area contributed by atoms with Crippen LogP contribution in [-0.2, 0) is 0 Å². The van der Waals surface area contributed by atoms with Crippen LogP contribution >= 0.6 is 0 Å². The number of hydrogen-bond donors (Lipinski definition) is 0. The van der Waals surface area contributed by atoms with Crippen LogP contribution in [0.15, 0.2) is 4.99 Å². The van der Waals surface area contributed by atoms with Crippen LogP contribution in [0.3, 0.4) is 0 Å². The third-order valence-corrected chi connectivity index (χ3v) is 3.53.